The molecular weight excluding hydrogens is 379 g/mol. The van der Waals surface area contributed by atoms with Gasteiger partial charge in [-0.3, -0.25) is 4.98 Å². The molecule has 2 heterocycles. The van der Waals surface area contributed by atoms with Crippen LogP contribution in [0.2, 0.25) is 0 Å². The summed E-state index contributed by atoms with van der Waals surface area (Å²) in [7, 11) is 3.08. The molecule has 9 heteroatoms. The van der Waals surface area contributed by atoms with Gasteiger partial charge in [0.1, 0.15) is 11.4 Å². The van der Waals surface area contributed by atoms with Gasteiger partial charge < -0.3 is 24.8 Å². The quantitative estimate of drug-likeness (QED) is 0.616. The molecule has 0 saturated carbocycles. The molecule has 0 aromatic carbocycles. The lowest BCUT2D eigenvalue weighted by Gasteiger charge is -2.21. The zero-order valence-electron chi connectivity index (χ0n) is 17.5. The van der Waals surface area contributed by atoms with E-state index >= 15 is 0 Å². The molecule has 2 aromatic rings. The number of carbonyl (C=O) groups is 1. The topological polar surface area (TPSA) is 94.6 Å². The number of aromatic nitrogens is 2. The third-order valence-electron chi connectivity index (χ3n) is 4.08. The number of alkyl carbamates (subject to hydrolysis) is 1. The number of fused-ring (bicyclic) bond motifs is 1. The van der Waals surface area contributed by atoms with Crippen molar-refractivity contribution in [2.75, 3.05) is 33.9 Å². The molecule has 0 spiro atoms. The first-order chi connectivity index (χ1) is 13.7. The van der Waals surface area contributed by atoms with Crippen LogP contribution < -0.4 is 15.4 Å². The smallest absolute Gasteiger partial charge is 0.407 e. The molecule has 0 unspecified atom stereocenters. The van der Waals surface area contributed by atoms with Crippen LogP contribution in [0.4, 0.5) is 9.18 Å². The second-order valence-corrected chi connectivity index (χ2v) is 7.50. The minimum Gasteiger partial charge on any atom is -0.481 e. The van der Waals surface area contributed by atoms with Crippen LogP contribution in [0.25, 0.3) is 11.0 Å². The number of pyridine rings is 2. The Kier molecular flexibility index (Phi) is 8.10. The summed E-state index contributed by atoms with van der Waals surface area (Å²) in [6.45, 7) is 6.68. The van der Waals surface area contributed by atoms with E-state index in [9.17, 15) is 9.18 Å². The molecule has 2 rings (SSSR count). The third-order valence-corrected chi connectivity index (χ3v) is 4.08. The summed E-state index contributed by atoms with van der Waals surface area (Å²) >= 11 is 0. The number of hydrogen-bond donors (Lipinski definition) is 2. The summed E-state index contributed by atoms with van der Waals surface area (Å²) in [4.78, 5) is 20.1. The van der Waals surface area contributed by atoms with Crippen LogP contribution >= 0.6 is 0 Å². The van der Waals surface area contributed by atoms with E-state index in [0.29, 0.717) is 48.5 Å². The summed E-state index contributed by atoms with van der Waals surface area (Å²) in [5.74, 6) is 0.00158. The lowest BCUT2D eigenvalue weighted by atomic mass is 10.1. The van der Waals surface area contributed by atoms with Crippen LogP contribution in [-0.2, 0) is 15.9 Å². The van der Waals surface area contributed by atoms with Crippen molar-refractivity contribution in [2.45, 2.75) is 38.9 Å². The Balaban J connectivity index is 1.87. The van der Waals surface area contributed by atoms with Crippen molar-refractivity contribution in [1.82, 2.24) is 20.6 Å². The zero-order chi connectivity index (χ0) is 21.4. The van der Waals surface area contributed by atoms with E-state index in [1.54, 1.807) is 40.0 Å². The van der Waals surface area contributed by atoms with E-state index in [0.717, 1.165) is 0 Å². The number of halogens is 1. The van der Waals surface area contributed by atoms with Crippen molar-refractivity contribution >= 4 is 17.1 Å². The fourth-order valence-electron chi connectivity index (χ4n) is 2.66. The van der Waals surface area contributed by atoms with E-state index in [-0.39, 0.29) is 6.10 Å². The summed E-state index contributed by atoms with van der Waals surface area (Å²) < 4.78 is 30.0. The summed E-state index contributed by atoms with van der Waals surface area (Å²) in [5.41, 5.74) is 1.01. The fourth-order valence-corrected chi connectivity index (χ4v) is 2.66. The second kappa shape index (κ2) is 10.3. The Morgan fingerprint density at radius 1 is 1.24 bits per heavy atom. The normalized spacial score (nSPS) is 12.6. The Morgan fingerprint density at radius 3 is 2.66 bits per heavy atom. The molecule has 2 N–H and O–H groups in total. The highest BCUT2D eigenvalue weighted by Crippen LogP contribution is 2.21. The lowest BCUT2D eigenvalue weighted by molar-refractivity contribution is 0.0457. The van der Waals surface area contributed by atoms with Gasteiger partial charge in [-0.05, 0) is 39.8 Å². The number of nitrogens with one attached hydrogen (secondary N) is 2. The molecule has 160 valence electrons. The number of methoxy groups -OCH3 is 2. The number of nitrogens with zero attached hydrogens (tertiary/aromatic N) is 2. The minimum atomic E-state index is -0.557. The Bertz CT molecular complexity index is 826. The minimum absolute atomic E-state index is 0.250. The fraction of sp³-hybridized carbons (Fsp3) is 0.550. The zero-order valence-corrected chi connectivity index (χ0v) is 17.5. The predicted molar refractivity (Wildman–Crippen MR) is 108 cm³/mol. The number of ether oxygens (including phenoxy) is 3. The van der Waals surface area contributed by atoms with Crippen LogP contribution in [0.15, 0.2) is 18.3 Å². The van der Waals surface area contributed by atoms with Gasteiger partial charge in [0.2, 0.25) is 5.88 Å². The van der Waals surface area contributed by atoms with Gasteiger partial charge in [0.05, 0.1) is 30.4 Å². The SMILES string of the molecule is COc1ccc2ncc(F)c(CCNC[C@H](CNC(=O)OC(C)(C)C)OC)c2n1. The highest BCUT2D eigenvalue weighted by Gasteiger charge is 2.17. The van der Waals surface area contributed by atoms with Gasteiger partial charge in [0.15, 0.2) is 0 Å². The van der Waals surface area contributed by atoms with E-state index in [1.807, 2.05) is 0 Å². The van der Waals surface area contributed by atoms with Crippen LogP contribution in [0.3, 0.4) is 0 Å². The first kappa shape index (κ1) is 22.8. The van der Waals surface area contributed by atoms with Crippen molar-refractivity contribution in [1.29, 1.82) is 0 Å². The Hall–Kier alpha value is -2.52. The van der Waals surface area contributed by atoms with Crippen LogP contribution in [-0.4, -0.2) is 61.6 Å². The van der Waals surface area contributed by atoms with Gasteiger partial charge in [-0.1, -0.05) is 0 Å². The molecular formula is C20H29FN4O4. The number of amides is 1. The largest absolute Gasteiger partial charge is 0.481 e. The molecule has 0 aliphatic carbocycles. The van der Waals surface area contributed by atoms with Gasteiger partial charge in [-0.2, -0.15) is 0 Å². The highest BCUT2D eigenvalue weighted by molar-refractivity contribution is 5.78. The van der Waals surface area contributed by atoms with Gasteiger partial charge in [0, 0.05) is 31.8 Å². The van der Waals surface area contributed by atoms with E-state index < -0.39 is 17.5 Å². The first-order valence-corrected chi connectivity index (χ1v) is 9.42. The maximum absolute atomic E-state index is 14.3. The standard InChI is InChI=1S/C20H29FN4O4/c1-20(2,3)29-19(26)24-11-13(27-4)10-22-9-8-14-15(21)12-23-16-6-7-17(28-5)25-18(14)16/h6-7,12-13,22H,8-11H2,1-5H3,(H,24,26)/t13-/m1/s1. The molecule has 1 amide bonds. The summed E-state index contributed by atoms with van der Waals surface area (Å²) in [6.07, 6.45) is 0.875. The molecule has 0 aliphatic rings. The first-order valence-electron chi connectivity index (χ1n) is 9.42. The molecule has 29 heavy (non-hydrogen) atoms. The molecule has 1 atom stereocenters. The lowest BCUT2D eigenvalue weighted by Crippen LogP contribution is -2.41. The van der Waals surface area contributed by atoms with Crippen molar-refractivity contribution in [3.8, 4) is 5.88 Å². The average molecular weight is 408 g/mol. The van der Waals surface area contributed by atoms with Crippen LogP contribution in [0.5, 0.6) is 5.88 Å². The Labute approximate surface area is 170 Å². The van der Waals surface area contributed by atoms with Gasteiger partial charge in [0.25, 0.3) is 0 Å². The summed E-state index contributed by atoms with van der Waals surface area (Å²) in [6, 6.07) is 3.44. The second-order valence-electron chi connectivity index (χ2n) is 7.50. The molecule has 0 saturated heterocycles. The average Bonchev–Trinajstić information content (AvgIpc) is 2.67. The number of hydrogen-bond acceptors (Lipinski definition) is 7. The maximum Gasteiger partial charge on any atom is 0.407 e. The molecule has 0 radical (unpaired) electrons. The van der Waals surface area contributed by atoms with Crippen molar-refractivity contribution < 1.29 is 23.4 Å². The third kappa shape index (κ3) is 7.10. The van der Waals surface area contributed by atoms with Crippen LogP contribution in [0.1, 0.15) is 26.3 Å². The van der Waals surface area contributed by atoms with Gasteiger partial charge >= 0.3 is 6.09 Å². The van der Waals surface area contributed by atoms with Gasteiger partial charge in [-0.25, -0.2) is 14.2 Å². The van der Waals surface area contributed by atoms with Crippen molar-refractivity contribution in [3.63, 3.8) is 0 Å². The molecule has 0 aliphatic heterocycles. The van der Waals surface area contributed by atoms with E-state index in [2.05, 4.69) is 20.6 Å². The summed E-state index contributed by atoms with van der Waals surface area (Å²) in [5, 5.41) is 5.89. The van der Waals surface area contributed by atoms with E-state index in [4.69, 9.17) is 14.2 Å². The van der Waals surface area contributed by atoms with Gasteiger partial charge in [-0.15, -0.1) is 0 Å². The predicted octanol–water partition coefficient (Wildman–Crippen LogP) is 2.45. The van der Waals surface area contributed by atoms with Crippen molar-refractivity contribution in [2.24, 2.45) is 0 Å². The highest BCUT2D eigenvalue weighted by atomic mass is 19.1. The monoisotopic (exact) mass is 408 g/mol. The molecule has 2 aromatic heterocycles. The number of rotatable bonds is 9. The number of carbonyl (C=O) groups excluding carboxylic acids is 1. The van der Waals surface area contributed by atoms with Crippen LogP contribution in [0, 0.1) is 5.82 Å². The van der Waals surface area contributed by atoms with E-state index in [1.165, 1.54) is 13.3 Å². The van der Waals surface area contributed by atoms with Crippen molar-refractivity contribution in [3.05, 3.63) is 29.7 Å². The molecule has 8 nitrogen and oxygen atoms in total. The Morgan fingerprint density at radius 2 is 2.00 bits per heavy atom. The maximum atomic E-state index is 14.3. The molecule has 0 fully saturated rings. The molecule has 0 bridgehead atoms.